The molecule has 0 bridgehead atoms. The van der Waals surface area contributed by atoms with Gasteiger partial charge in [-0.05, 0) is 39.3 Å². The van der Waals surface area contributed by atoms with Gasteiger partial charge in [0.2, 0.25) is 0 Å². The standard InChI is InChI=1S/C6H18O3Si3.CH4O/c1-10(2)7-11(3,4)9-12(5,6)8-10;1-2/h1-6H3;2H,1H3. The van der Waals surface area contributed by atoms with Gasteiger partial charge in [-0.2, -0.15) is 0 Å². The average molecular weight is 255 g/mol. The van der Waals surface area contributed by atoms with Crippen molar-refractivity contribution in [2.75, 3.05) is 7.11 Å². The molecular weight excluding hydrogens is 232 g/mol. The van der Waals surface area contributed by atoms with Crippen molar-refractivity contribution < 1.29 is 17.5 Å². The summed E-state index contributed by atoms with van der Waals surface area (Å²) in [6.07, 6.45) is 0. The minimum Gasteiger partial charge on any atom is -0.416 e. The molecule has 0 aliphatic carbocycles. The molecule has 1 N–H and O–H groups in total. The smallest absolute Gasteiger partial charge is 0.314 e. The van der Waals surface area contributed by atoms with Crippen molar-refractivity contribution in [2.45, 2.75) is 39.3 Å². The SMILES string of the molecule is CO.C[Si]1(C)O[Si](C)(C)O[Si](C)(C)O1. The summed E-state index contributed by atoms with van der Waals surface area (Å²) in [5.74, 6) is 0. The fourth-order valence-electron chi connectivity index (χ4n) is 1.84. The van der Waals surface area contributed by atoms with Crippen molar-refractivity contribution in [3.05, 3.63) is 0 Å². The summed E-state index contributed by atoms with van der Waals surface area (Å²) in [6.45, 7) is 12.6. The highest BCUT2D eigenvalue weighted by molar-refractivity contribution is 6.92. The minimum atomic E-state index is -1.86. The number of aliphatic hydroxyl groups is 1. The maximum absolute atomic E-state index is 7.00. The van der Waals surface area contributed by atoms with E-state index in [9.17, 15) is 0 Å². The van der Waals surface area contributed by atoms with Gasteiger partial charge < -0.3 is 17.5 Å². The van der Waals surface area contributed by atoms with Gasteiger partial charge in [-0.15, -0.1) is 0 Å². The molecule has 1 saturated heterocycles. The van der Waals surface area contributed by atoms with Gasteiger partial charge in [0.15, 0.2) is 0 Å². The molecule has 86 valence electrons. The predicted molar refractivity (Wildman–Crippen MR) is 63.8 cm³/mol. The van der Waals surface area contributed by atoms with Crippen LogP contribution in [0, 0.1) is 0 Å². The van der Waals surface area contributed by atoms with Gasteiger partial charge >= 0.3 is 25.7 Å². The fourth-order valence-corrected chi connectivity index (χ4v) is 17.7. The van der Waals surface area contributed by atoms with Gasteiger partial charge in [0.1, 0.15) is 0 Å². The summed E-state index contributed by atoms with van der Waals surface area (Å²) in [5, 5.41) is 7.00. The van der Waals surface area contributed by atoms with Gasteiger partial charge in [0.25, 0.3) is 0 Å². The monoisotopic (exact) mass is 254 g/mol. The lowest BCUT2D eigenvalue weighted by atomic mass is 11.8. The van der Waals surface area contributed by atoms with Gasteiger partial charge in [-0.25, -0.2) is 0 Å². The van der Waals surface area contributed by atoms with E-state index < -0.39 is 25.7 Å². The van der Waals surface area contributed by atoms with Gasteiger partial charge in [0.05, 0.1) is 0 Å². The second-order valence-electron chi connectivity index (χ2n) is 4.51. The van der Waals surface area contributed by atoms with Crippen LogP contribution >= 0.6 is 0 Å². The first-order valence-electron chi connectivity index (χ1n) is 4.67. The van der Waals surface area contributed by atoms with Crippen LogP contribution in [0.3, 0.4) is 0 Å². The number of rotatable bonds is 0. The molecule has 0 aromatic carbocycles. The largest absolute Gasteiger partial charge is 0.416 e. The van der Waals surface area contributed by atoms with Crippen LogP contribution in [0.2, 0.25) is 39.3 Å². The van der Waals surface area contributed by atoms with E-state index >= 15 is 0 Å². The summed E-state index contributed by atoms with van der Waals surface area (Å²) >= 11 is 0. The second-order valence-corrected chi connectivity index (χ2v) is 15.4. The molecule has 0 aromatic heterocycles. The number of hydrogen-bond donors (Lipinski definition) is 1. The summed E-state index contributed by atoms with van der Waals surface area (Å²) in [4.78, 5) is 0. The Bertz CT molecular complexity index is 148. The van der Waals surface area contributed by atoms with Crippen LogP contribution in [0.4, 0.5) is 0 Å². The molecule has 0 radical (unpaired) electrons. The highest BCUT2D eigenvalue weighted by atomic mass is 28.5. The van der Waals surface area contributed by atoms with E-state index in [1.165, 1.54) is 0 Å². The van der Waals surface area contributed by atoms with Gasteiger partial charge in [0, 0.05) is 7.11 Å². The quantitative estimate of drug-likeness (QED) is 0.669. The molecule has 0 atom stereocenters. The molecule has 1 heterocycles. The Morgan fingerprint density at radius 1 is 0.571 bits per heavy atom. The van der Waals surface area contributed by atoms with Crippen molar-refractivity contribution in [2.24, 2.45) is 0 Å². The van der Waals surface area contributed by atoms with E-state index in [-0.39, 0.29) is 0 Å². The molecule has 0 spiro atoms. The first-order chi connectivity index (χ1) is 6.12. The predicted octanol–water partition coefficient (Wildman–Crippen LogP) is 1.76. The van der Waals surface area contributed by atoms with E-state index in [2.05, 4.69) is 39.3 Å². The van der Waals surface area contributed by atoms with Crippen LogP contribution in [0.25, 0.3) is 0 Å². The van der Waals surface area contributed by atoms with E-state index in [0.717, 1.165) is 7.11 Å². The second kappa shape index (κ2) is 4.56. The highest BCUT2D eigenvalue weighted by Crippen LogP contribution is 2.29. The third-order valence-electron chi connectivity index (χ3n) is 1.47. The molecule has 0 saturated carbocycles. The van der Waals surface area contributed by atoms with Crippen LogP contribution in [-0.2, 0) is 12.3 Å². The summed E-state index contributed by atoms with van der Waals surface area (Å²) in [7, 11) is -4.59. The van der Waals surface area contributed by atoms with E-state index in [0.29, 0.717) is 0 Å². The van der Waals surface area contributed by atoms with Crippen LogP contribution in [0.1, 0.15) is 0 Å². The molecule has 1 aliphatic heterocycles. The summed E-state index contributed by atoms with van der Waals surface area (Å²) in [5.41, 5.74) is 0. The van der Waals surface area contributed by atoms with Crippen LogP contribution in [0.15, 0.2) is 0 Å². The number of aliphatic hydroxyl groups excluding tert-OH is 1. The van der Waals surface area contributed by atoms with E-state index in [4.69, 9.17) is 17.5 Å². The van der Waals surface area contributed by atoms with Gasteiger partial charge in [-0.3, -0.25) is 0 Å². The zero-order chi connectivity index (χ0) is 11.6. The van der Waals surface area contributed by atoms with Crippen LogP contribution < -0.4 is 0 Å². The topological polar surface area (TPSA) is 47.9 Å². The Balaban J connectivity index is 0.000000791. The van der Waals surface area contributed by atoms with Crippen molar-refractivity contribution >= 4 is 25.7 Å². The van der Waals surface area contributed by atoms with Crippen molar-refractivity contribution in [3.63, 3.8) is 0 Å². The van der Waals surface area contributed by atoms with Crippen LogP contribution in [0.5, 0.6) is 0 Å². The third-order valence-corrected chi connectivity index (χ3v) is 13.3. The molecule has 1 fully saturated rings. The Morgan fingerprint density at radius 3 is 0.857 bits per heavy atom. The Hall–Kier alpha value is 0.491. The lowest BCUT2D eigenvalue weighted by Crippen LogP contribution is -2.64. The van der Waals surface area contributed by atoms with E-state index in [1.807, 2.05) is 0 Å². The molecule has 0 amide bonds. The maximum atomic E-state index is 7.00. The molecule has 4 nitrogen and oxygen atoms in total. The molecule has 1 rings (SSSR count). The first-order valence-corrected chi connectivity index (χ1v) is 13.1. The summed E-state index contributed by atoms with van der Waals surface area (Å²) in [6, 6.07) is 0. The first kappa shape index (κ1) is 14.5. The lowest BCUT2D eigenvalue weighted by molar-refractivity contribution is 0.238. The molecule has 1 aliphatic rings. The Morgan fingerprint density at radius 2 is 0.714 bits per heavy atom. The lowest BCUT2D eigenvalue weighted by Gasteiger charge is -2.46. The molecule has 0 aromatic rings. The minimum absolute atomic E-state index is 1.00. The normalized spacial score (nSPS) is 27.4. The molecular formula is C7H22O4Si3. The highest BCUT2D eigenvalue weighted by Gasteiger charge is 2.49. The van der Waals surface area contributed by atoms with E-state index in [1.54, 1.807) is 0 Å². The maximum Gasteiger partial charge on any atom is 0.314 e. The molecule has 7 heteroatoms. The zero-order valence-corrected chi connectivity index (χ0v) is 13.2. The van der Waals surface area contributed by atoms with Crippen molar-refractivity contribution in [1.29, 1.82) is 0 Å². The average Bonchev–Trinajstić information content (AvgIpc) is 1.79. The molecule has 14 heavy (non-hydrogen) atoms. The number of hydrogen-bond acceptors (Lipinski definition) is 4. The van der Waals surface area contributed by atoms with Crippen molar-refractivity contribution in [1.82, 2.24) is 0 Å². The zero-order valence-electron chi connectivity index (χ0n) is 10.2. The Labute approximate surface area is 89.9 Å². The summed E-state index contributed by atoms with van der Waals surface area (Å²) < 4.78 is 17.6. The van der Waals surface area contributed by atoms with Gasteiger partial charge in [-0.1, -0.05) is 0 Å². The Kier molecular flexibility index (Phi) is 4.72. The van der Waals surface area contributed by atoms with Crippen LogP contribution in [-0.4, -0.2) is 37.9 Å². The molecule has 0 unspecified atom stereocenters. The fraction of sp³-hybridized carbons (Fsp3) is 1.00. The van der Waals surface area contributed by atoms with Crippen molar-refractivity contribution in [3.8, 4) is 0 Å². The third kappa shape index (κ3) is 4.82.